The van der Waals surface area contributed by atoms with Crippen molar-refractivity contribution in [3.63, 3.8) is 0 Å². The minimum Gasteiger partial charge on any atom is -0.372 e. The van der Waals surface area contributed by atoms with Gasteiger partial charge in [-0.1, -0.05) is 45.6 Å². The molecular formula is C31H51N5O4SSi. The molecule has 2 aromatic rings. The molecule has 0 spiro atoms. The van der Waals surface area contributed by atoms with Crippen molar-refractivity contribution in [1.29, 1.82) is 0 Å². The topological polar surface area (TPSA) is 114 Å². The van der Waals surface area contributed by atoms with Gasteiger partial charge in [0.15, 0.2) is 0 Å². The van der Waals surface area contributed by atoms with Crippen molar-refractivity contribution in [1.82, 2.24) is 14.3 Å². The smallest absolute Gasteiger partial charge is 0.291 e. The SMILES string of the molecule is CNc1cn(COCC[Si](C)(C)C)c(C(=O)Nc2ccc(CCS(=O)(=O)NC(C)(C)C)cc2C2=CCC(C)(C)CC2)n1. The van der Waals surface area contributed by atoms with Gasteiger partial charge >= 0.3 is 0 Å². The Bertz CT molecular complexity index is 1380. The maximum atomic E-state index is 13.6. The van der Waals surface area contributed by atoms with E-state index in [1.807, 2.05) is 39.0 Å². The van der Waals surface area contributed by atoms with Gasteiger partial charge in [-0.25, -0.2) is 18.1 Å². The molecule has 0 radical (unpaired) electrons. The van der Waals surface area contributed by atoms with Gasteiger partial charge in [-0.3, -0.25) is 4.79 Å². The zero-order valence-corrected chi connectivity index (χ0v) is 28.8. The maximum Gasteiger partial charge on any atom is 0.291 e. The van der Waals surface area contributed by atoms with E-state index in [4.69, 9.17) is 4.74 Å². The summed E-state index contributed by atoms with van der Waals surface area (Å²) in [5.74, 6) is 0.518. The molecule has 0 unspecified atom stereocenters. The monoisotopic (exact) mass is 617 g/mol. The van der Waals surface area contributed by atoms with Gasteiger partial charge in [-0.2, -0.15) is 0 Å². The molecule has 0 saturated heterocycles. The molecule has 1 aliphatic rings. The summed E-state index contributed by atoms with van der Waals surface area (Å²) in [6.45, 7) is 17.8. The van der Waals surface area contributed by atoms with Crippen LogP contribution in [-0.4, -0.2) is 56.9 Å². The number of nitrogens with zero attached hydrogens (tertiary/aromatic N) is 2. The van der Waals surface area contributed by atoms with E-state index >= 15 is 0 Å². The predicted octanol–water partition coefficient (Wildman–Crippen LogP) is 6.34. The number of amides is 1. The number of allylic oxidation sites excluding steroid dienone is 2. The van der Waals surface area contributed by atoms with E-state index < -0.39 is 23.6 Å². The van der Waals surface area contributed by atoms with Gasteiger partial charge in [-0.05, 0) is 81.2 Å². The Balaban J connectivity index is 1.86. The minimum atomic E-state index is -3.44. The molecule has 1 aromatic heterocycles. The lowest BCUT2D eigenvalue weighted by molar-refractivity contribution is 0.0809. The Kier molecular flexibility index (Phi) is 10.9. The van der Waals surface area contributed by atoms with E-state index in [0.29, 0.717) is 24.5 Å². The number of nitrogens with one attached hydrogen (secondary N) is 3. The molecule has 1 amide bonds. The molecule has 1 aliphatic carbocycles. The van der Waals surface area contributed by atoms with E-state index in [2.05, 4.69) is 59.9 Å². The minimum absolute atomic E-state index is 0.0105. The predicted molar refractivity (Wildman–Crippen MR) is 176 cm³/mol. The third kappa shape index (κ3) is 10.7. The first-order valence-corrected chi connectivity index (χ1v) is 20.2. The van der Waals surface area contributed by atoms with Crippen molar-refractivity contribution >= 4 is 41.1 Å². The van der Waals surface area contributed by atoms with Crippen molar-refractivity contribution < 1.29 is 17.9 Å². The van der Waals surface area contributed by atoms with Gasteiger partial charge in [-0.15, -0.1) is 0 Å². The maximum absolute atomic E-state index is 13.6. The third-order valence-electron chi connectivity index (χ3n) is 7.23. The Morgan fingerprint density at radius 2 is 1.90 bits per heavy atom. The largest absolute Gasteiger partial charge is 0.372 e. The van der Waals surface area contributed by atoms with Crippen LogP contribution in [0.4, 0.5) is 11.5 Å². The Hall–Kier alpha value is -2.47. The number of aromatic nitrogens is 2. The molecule has 1 heterocycles. The van der Waals surface area contributed by atoms with Crippen LogP contribution < -0.4 is 15.4 Å². The molecule has 0 aliphatic heterocycles. The molecule has 0 fully saturated rings. The summed E-state index contributed by atoms with van der Waals surface area (Å²) in [7, 11) is -2.90. The van der Waals surface area contributed by atoms with E-state index in [1.165, 1.54) is 0 Å². The summed E-state index contributed by atoms with van der Waals surface area (Å²) >= 11 is 0. The van der Waals surface area contributed by atoms with Gasteiger partial charge < -0.3 is 19.9 Å². The second-order valence-electron chi connectivity index (χ2n) is 14.4. The van der Waals surface area contributed by atoms with E-state index in [9.17, 15) is 13.2 Å². The highest BCUT2D eigenvalue weighted by Crippen LogP contribution is 2.40. The van der Waals surface area contributed by atoms with Crippen LogP contribution in [0.5, 0.6) is 0 Å². The number of hydrogen-bond acceptors (Lipinski definition) is 6. The second-order valence-corrected chi connectivity index (χ2v) is 21.8. The number of sulfonamides is 1. The lowest BCUT2D eigenvalue weighted by atomic mass is 9.76. The zero-order chi connectivity index (χ0) is 31.3. The molecule has 42 heavy (non-hydrogen) atoms. The number of hydrogen-bond donors (Lipinski definition) is 3. The number of carbonyl (C=O) groups excluding carboxylic acids is 1. The molecule has 0 saturated carbocycles. The second kappa shape index (κ2) is 13.4. The first kappa shape index (κ1) is 34.0. The first-order chi connectivity index (χ1) is 19.4. The summed E-state index contributed by atoms with van der Waals surface area (Å²) in [6.07, 6.45) is 7.26. The van der Waals surface area contributed by atoms with E-state index in [1.54, 1.807) is 17.8 Å². The van der Waals surface area contributed by atoms with E-state index in [-0.39, 0.29) is 29.6 Å². The van der Waals surface area contributed by atoms with Crippen LogP contribution in [0, 0.1) is 5.41 Å². The van der Waals surface area contributed by atoms with E-state index in [0.717, 1.165) is 42.0 Å². The summed E-state index contributed by atoms with van der Waals surface area (Å²) in [4.78, 5) is 18.1. The van der Waals surface area contributed by atoms with Crippen LogP contribution in [0.3, 0.4) is 0 Å². The summed E-state index contributed by atoms with van der Waals surface area (Å²) in [6, 6.07) is 6.84. The van der Waals surface area contributed by atoms with Gasteiger partial charge in [0.2, 0.25) is 15.8 Å². The Morgan fingerprint density at radius 3 is 2.50 bits per heavy atom. The fourth-order valence-electron chi connectivity index (χ4n) is 4.75. The molecule has 11 heteroatoms. The molecule has 9 nitrogen and oxygen atoms in total. The van der Waals surface area contributed by atoms with Crippen molar-refractivity contribution in [2.24, 2.45) is 5.41 Å². The number of imidazole rings is 1. The fourth-order valence-corrected chi connectivity index (χ4v) is 7.04. The van der Waals surface area contributed by atoms with Crippen molar-refractivity contribution in [3.05, 3.63) is 47.4 Å². The number of benzene rings is 1. The summed E-state index contributed by atoms with van der Waals surface area (Å²) < 4.78 is 35.7. The normalized spacial score (nSPS) is 15.8. The fraction of sp³-hybridized carbons (Fsp3) is 0.613. The lowest BCUT2D eigenvalue weighted by Crippen LogP contribution is -2.42. The Labute approximate surface area is 254 Å². The lowest BCUT2D eigenvalue weighted by Gasteiger charge is -2.29. The van der Waals surface area contributed by atoms with Gasteiger partial charge in [0.05, 0.1) is 11.9 Å². The number of aryl methyl sites for hydroxylation is 1. The standard InChI is InChI=1S/C31H51N5O4SSi/c1-30(2,3)35-41(38,39)18-14-23-10-11-26(25(20-23)24-12-15-31(4,5)16-13-24)33-29(37)28-34-27(32-6)21-36(28)22-40-17-19-42(7,8)9/h10-12,20-21,32,35H,13-19,22H2,1-9H3,(H,33,37). The molecule has 3 N–H and O–H groups in total. The van der Waals surface area contributed by atoms with Crippen LogP contribution in [0.15, 0.2) is 30.5 Å². The van der Waals surface area contributed by atoms with Gasteiger partial charge in [0.25, 0.3) is 5.91 Å². The van der Waals surface area contributed by atoms with Crippen LogP contribution in [0.1, 0.15) is 75.6 Å². The summed E-state index contributed by atoms with van der Waals surface area (Å²) in [5, 5.41) is 6.11. The van der Waals surface area contributed by atoms with Gasteiger partial charge in [0, 0.05) is 38.5 Å². The van der Waals surface area contributed by atoms with Crippen molar-refractivity contribution in [2.75, 3.05) is 30.0 Å². The molecular weight excluding hydrogens is 567 g/mol. The number of rotatable bonds is 13. The highest BCUT2D eigenvalue weighted by Gasteiger charge is 2.25. The Morgan fingerprint density at radius 1 is 1.19 bits per heavy atom. The summed E-state index contributed by atoms with van der Waals surface area (Å²) in [5.41, 5.74) is 3.37. The van der Waals surface area contributed by atoms with Gasteiger partial charge in [0.1, 0.15) is 12.5 Å². The number of anilines is 2. The van der Waals surface area contributed by atoms with Crippen LogP contribution in [0.2, 0.25) is 25.7 Å². The quantitative estimate of drug-likeness (QED) is 0.178. The molecule has 1 aromatic carbocycles. The third-order valence-corrected chi connectivity index (χ3v) is 10.6. The highest BCUT2D eigenvalue weighted by molar-refractivity contribution is 7.89. The molecule has 3 rings (SSSR count). The molecule has 0 atom stereocenters. The molecule has 234 valence electrons. The number of ether oxygens (including phenoxy) is 1. The van der Waals surface area contributed by atoms with Crippen LogP contribution in [-0.2, 0) is 27.9 Å². The molecule has 0 bridgehead atoms. The van der Waals surface area contributed by atoms with Crippen molar-refractivity contribution in [2.45, 2.75) is 98.3 Å². The number of carbonyl (C=O) groups is 1. The average Bonchev–Trinajstić information content (AvgIpc) is 3.28. The highest BCUT2D eigenvalue weighted by atomic mass is 32.2. The van der Waals surface area contributed by atoms with Crippen molar-refractivity contribution in [3.8, 4) is 0 Å². The average molecular weight is 618 g/mol. The van der Waals surface area contributed by atoms with Crippen LogP contribution >= 0.6 is 0 Å². The zero-order valence-electron chi connectivity index (χ0n) is 27.0. The van der Waals surface area contributed by atoms with Crippen LogP contribution in [0.25, 0.3) is 5.57 Å². The first-order valence-electron chi connectivity index (χ1n) is 14.8.